The quantitative estimate of drug-likeness (QED) is 0.472. The van der Waals surface area contributed by atoms with Crippen LogP contribution in [-0.4, -0.2) is 76.6 Å². The Morgan fingerprint density at radius 1 is 1.00 bits per heavy atom. The largest absolute Gasteiger partial charge is 0.340 e. The van der Waals surface area contributed by atoms with Crippen LogP contribution in [0.25, 0.3) is 17.5 Å². The Hall–Kier alpha value is -3.00. The Morgan fingerprint density at radius 2 is 1.78 bits per heavy atom. The molecule has 0 N–H and O–H groups in total. The molecule has 5 rings (SSSR count). The van der Waals surface area contributed by atoms with E-state index >= 15 is 0 Å². The summed E-state index contributed by atoms with van der Waals surface area (Å²) in [5.41, 5.74) is 1.98. The summed E-state index contributed by atoms with van der Waals surface area (Å²) in [5.74, 6) is 1.35. The molecule has 1 unspecified atom stereocenters. The van der Waals surface area contributed by atoms with Crippen LogP contribution >= 0.6 is 11.6 Å². The molecule has 1 amide bonds. The van der Waals surface area contributed by atoms with Gasteiger partial charge in [0, 0.05) is 44.8 Å². The van der Waals surface area contributed by atoms with Crippen LogP contribution in [0.4, 0.5) is 0 Å². The SMILES string of the molecule is O=C(C1CCCN(Cc2nc(-c3ccccc3Cl)no2)C1)N1CCN(C/C=C/c2ccccc2)CC1. The molecular weight excluding hydrogens is 474 g/mol. The van der Waals surface area contributed by atoms with E-state index in [4.69, 9.17) is 16.1 Å². The van der Waals surface area contributed by atoms with Gasteiger partial charge in [0.2, 0.25) is 17.6 Å². The Labute approximate surface area is 217 Å². The van der Waals surface area contributed by atoms with Crippen molar-refractivity contribution in [3.8, 4) is 11.4 Å². The van der Waals surface area contributed by atoms with Crippen molar-refractivity contribution < 1.29 is 9.32 Å². The highest BCUT2D eigenvalue weighted by molar-refractivity contribution is 6.33. The minimum Gasteiger partial charge on any atom is -0.340 e. The van der Waals surface area contributed by atoms with Gasteiger partial charge in [-0.05, 0) is 37.1 Å². The molecule has 2 aromatic carbocycles. The lowest BCUT2D eigenvalue weighted by Crippen LogP contribution is -2.52. The van der Waals surface area contributed by atoms with Crippen molar-refractivity contribution in [3.63, 3.8) is 0 Å². The summed E-state index contributed by atoms with van der Waals surface area (Å²) >= 11 is 6.27. The van der Waals surface area contributed by atoms with Crippen LogP contribution in [0.1, 0.15) is 24.3 Å². The number of rotatable bonds is 7. The molecule has 0 radical (unpaired) electrons. The maximum atomic E-state index is 13.3. The molecule has 2 saturated heterocycles. The van der Waals surface area contributed by atoms with E-state index in [0.29, 0.717) is 23.3 Å². The van der Waals surface area contributed by atoms with Crippen molar-refractivity contribution in [1.29, 1.82) is 0 Å². The summed E-state index contributed by atoms with van der Waals surface area (Å²) in [5, 5.41) is 4.70. The minimum atomic E-state index is 0.0224. The van der Waals surface area contributed by atoms with Crippen LogP contribution < -0.4 is 0 Å². The number of nitrogens with zero attached hydrogens (tertiary/aromatic N) is 5. The molecule has 8 heteroatoms. The van der Waals surface area contributed by atoms with Crippen LogP contribution in [0.2, 0.25) is 5.02 Å². The summed E-state index contributed by atoms with van der Waals surface area (Å²) in [7, 11) is 0. The van der Waals surface area contributed by atoms with Crippen molar-refractivity contribution >= 4 is 23.6 Å². The van der Waals surface area contributed by atoms with Crippen LogP contribution in [0.5, 0.6) is 0 Å². The maximum Gasteiger partial charge on any atom is 0.241 e. The van der Waals surface area contributed by atoms with Crippen molar-refractivity contribution in [2.24, 2.45) is 5.92 Å². The summed E-state index contributed by atoms with van der Waals surface area (Å²) in [6.45, 7) is 6.51. The zero-order valence-corrected chi connectivity index (χ0v) is 21.2. The number of piperidine rings is 1. The highest BCUT2D eigenvalue weighted by Gasteiger charge is 2.31. The first kappa shape index (κ1) is 24.7. The van der Waals surface area contributed by atoms with Gasteiger partial charge in [0.05, 0.1) is 17.5 Å². The third-order valence-corrected chi connectivity index (χ3v) is 7.28. The number of amides is 1. The first-order valence-electron chi connectivity index (χ1n) is 12.7. The molecular formula is C28H32ClN5O2. The minimum absolute atomic E-state index is 0.0224. The zero-order valence-electron chi connectivity index (χ0n) is 20.4. The van der Waals surface area contributed by atoms with Gasteiger partial charge in [-0.15, -0.1) is 0 Å². The molecule has 1 atom stereocenters. The predicted octanol–water partition coefficient (Wildman–Crippen LogP) is 4.46. The van der Waals surface area contributed by atoms with Gasteiger partial charge in [0.1, 0.15) is 0 Å². The van der Waals surface area contributed by atoms with Crippen molar-refractivity contribution in [3.05, 3.63) is 77.2 Å². The molecule has 0 spiro atoms. The number of hydrogen-bond acceptors (Lipinski definition) is 6. The van der Waals surface area contributed by atoms with Gasteiger partial charge in [0.15, 0.2) is 0 Å². The molecule has 2 aliphatic heterocycles. The lowest BCUT2D eigenvalue weighted by Gasteiger charge is -2.38. The predicted molar refractivity (Wildman–Crippen MR) is 141 cm³/mol. The van der Waals surface area contributed by atoms with Gasteiger partial charge < -0.3 is 9.42 Å². The van der Waals surface area contributed by atoms with Crippen molar-refractivity contribution in [1.82, 2.24) is 24.8 Å². The molecule has 36 heavy (non-hydrogen) atoms. The number of carbonyl (C=O) groups is 1. The van der Waals surface area contributed by atoms with Gasteiger partial charge in [-0.3, -0.25) is 14.6 Å². The van der Waals surface area contributed by atoms with Gasteiger partial charge >= 0.3 is 0 Å². The fourth-order valence-electron chi connectivity index (χ4n) is 4.97. The first-order chi connectivity index (χ1) is 17.7. The number of likely N-dealkylation sites (tertiary alicyclic amines) is 1. The van der Waals surface area contributed by atoms with E-state index in [1.165, 1.54) is 5.56 Å². The van der Waals surface area contributed by atoms with E-state index in [2.05, 4.69) is 56.4 Å². The summed E-state index contributed by atoms with van der Waals surface area (Å²) in [6, 6.07) is 17.8. The van der Waals surface area contributed by atoms with Crippen LogP contribution in [-0.2, 0) is 11.3 Å². The molecule has 7 nitrogen and oxygen atoms in total. The molecule has 0 aliphatic carbocycles. The summed E-state index contributed by atoms with van der Waals surface area (Å²) in [4.78, 5) is 24.5. The number of aromatic nitrogens is 2. The Bertz CT molecular complexity index is 1170. The molecule has 3 aromatic rings. The fraction of sp³-hybridized carbons (Fsp3) is 0.393. The van der Waals surface area contributed by atoms with Gasteiger partial charge in [0.25, 0.3) is 0 Å². The molecule has 188 valence electrons. The highest BCUT2D eigenvalue weighted by Crippen LogP contribution is 2.26. The second kappa shape index (κ2) is 11.8. The Kier molecular flexibility index (Phi) is 8.11. The maximum absolute atomic E-state index is 13.3. The molecule has 2 fully saturated rings. The second-order valence-electron chi connectivity index (χ2n) is 9.50. The van der Waals surface area contributed by atoms with Crippen LogP contribution in [0.15, 0.2) is 65.2 Å². The standard InChI is InChI=1S/C28H32ClN5O2/c29-25-13-5-4-12-24(25)27-30-26(36-31-27)21-33-15-7-11-23(20-33)28(35)34-18-16-32(17-19-34)14-6-10-22-8-2-1-3-9-22/h1-6,8-10,12-13,23H,7,11,14-21H2/b10-6+. The number of carbonyl (C=O) groups excluding carboxylic acids is 1. The average molecular weight is 506 g/mol. The highest BCUT2D eigenvalue weighted by atomic mass is 35.5. The van der Waals surface area contributed by atoms with Gasteiger partial charge in [-0.25, -0.2) is 0 Å². The second-order valence-corrected chi connectivity index (χ2v) is 9.91. The number of benzene rings is 2. The average Bonchev–Trinajstić information content (AvgIpc) is 3.38. The van der Waals surface area contributed by atoms with E-state index in [9.17, 15) is 4.79 Å². The van der Waals surface area contributed by atoms with Crippen molar-refractivity contribution in [2.45, 2.75) is 19.4 Å². The van der Waals surface area contributed by atoms with E-state index in [-0.39, 0.29) is 11.8 Å². The molecule has 2 aliphatic rings. The van der Waals surface area contributed by atoms with E-state index in [0.717, 1.165) is 64.2 Å². The number of halogens is 1. The topological polar surface area (TPSA) is 65.7 Å². The van der Waals surface area contributed by atoms with E-state index in [1.54, 1.807) is 0 Å². The molecule has 0 saturated carbocycles. The van der Waals surface area contributed by atoms with Gasteiger partial charge in [-0.2, -0.15) is 4.98 Å². The van der Waals surface area contributed by atoms with Gasteiger partial charge in [-0.1, -0.05) is 71.4 Å². The Morgan fingerprint density at radius 3 is 2.58 bits per heavy atom. The molecule has 1 aromatic heterocycles. The smallest absolute Gasteiger partial charge is 0.241 e. The third kappa shape index (κ3) is 6.22. The first-order valence-corrected chi connectivity index (χ1v) is 13.1. The fourth-order valence-corrected chi connectivity index (χ4v) is 5.19. The number of piperazine rings is 1. The molecule has 3 heterocycles. The lowest BCUT2D eigenvalue weighted by molar-refractivity contribution is -0.139. The van der Waals surface area contributed by atoms with Crippen LogP contribution in [0.3, 0.4) is 0 Å². The summed E-state index contributed by atoms with van der Waals surface area (Å²) < 4.78 is 5.49. The third-order valence-electron chi connectivity index (χ3n) is 6.95. The van der Waals surface area contributed by atoms with Crippen LogP contribution in [0, 0.1) is 5.92 Å². The zero-order chi connectivity index (χ0) is 24.7. The number of hydrogen-bond donors (Lipinski definition) is 0. The van der Waals surface area contributed by atoms with E-state index < -0.39 is 0 Å². The monoisotopic (exact) mass is 505 g/mol. The lowest BCUT2D eigenvalue weighted by atomic mass is 9.96. The Balaban J connectivity index is 1.09. The molecule has 0 bridgehead atoms. The van der Waals surface area contributed by atoms with E-state index in [1.807, 2.05) is 35.2 Å². The summed E-state index contributed by atoms with van der Waals surface area (Å²) in [6.07, 6.45) is 6.30. The normalized spacial score (nSPS) is 19.7. The van der Waals surface area contributed by atoms with Crippen molar-refractivity contribution in [2.75, 3.05) is 45.8 Å².